The second kappa shape index (κ2) is 5.22. The van der Waals surface area contributed by atoms with Gasteiger partial charge in [0.25, 0.3) is 0 Å². The average molecular weight is 264 g/mol. The largest absolute Gasteiger partial charge is 0.398 e. The molecule has 2 unspecified atom stereocenters. The number of hydrogen-bond donors (Lipinski definition) is 1. The zero-order valence-electron chi connectivity index (χ0n) is 11.1. The predicted molar refractivity (Wildman–Crippen MR) is 79.6 cm³/mol. The van der Waals surface area contributed by atoms with Crippen LogP contribution in [0, 0.1) is 0 Å². The van der Waals surface area contributed by atoms with Gasteiger partial charge >= 0.3 is 0 Å². The fraction of sp³-hybridized carbons (Fsp3) is 0.500. The minimum absolute atomic E-state index is 0.0295. The van der Waals surface area contributed by atoms with Gasteiger partial charge in [-0.15, -0.1) is 0 Å². The number of nitrogens with zero attached hydrogens (tertiary/aromatic N) is 1. The number of Topliss-reactive ketones (excluding diaryl/α,β-unsaturated/α-hetero) is 1. The van der Waals surface area contributed by atoms with Crippen LogP contribution in [0.1, 0.15) is 31.1 Å². The van der Waals surface area contributed by atoms with Crippen LogP contribution in [0.15, 0.2) is 18.2 Å². The van der Waals surface area contributed by atoms with Gasteiger partial charge in [0.15, 0.2) is 5.78 Å². The first-order chi connectivity index (χ1) is 8.47. The van der Waals surface area contributed by atoms with E-state index in [9.17, 15) is 4.79 Å². The molecule has 0 aliphatic carbocycles. The molecule has 4 heteroatoms. The van der Waals surface area contributed by atoms with Crippen molar-refractivity contribution < 1.29 is 4.79 Å². The minimum Gasteiger partial charge on any atom is -0.398 e. The van der Waals surface area contributed by atoms with Crippen LogP contribution < -0.4 is 10.6 Å². The van der Waals surface area contributed by atoms with Crippen molar-refractivity contribution in [2.45, 2.75) is 31.3 Å². The summed E-state index contributed by atoms with van der Waals surface area (Å²) in [5, 5.41) is 1.24. The Kier molecular flexibility index (Phi) is 3.85. The lowest BCUT2D eigenvalue weighted by Crippen LogP contribution is -2.40. The van der Waals surface area contributed by atoms with E-state index in [0.29, 0.717) is 21.8 Å². The van der Waals surface area contributed by atoms with Crippen LogP contribution in [0.5, 0.6) is 0 Å². The number of hydrogen-bond acceptors (Lipinski definition) is 4. The first-order valence-corrected chi connectivity index (χ1v) is 7.22. The summed E-state index contributed by atoms with van der Waals surface area (Å²) in [7, 11) is 0. The molecule has 0 radical (unpaired) electrons. The van der Waals surface area contributed by atoms with E-state index >= 15 is 0 Å². The summed E-state index contributed by atoms with van der Waals surface area (Å²) in [4.78, 5) is 13.9. The molecule has 1 aromatic rings. The van der Waals surface area contributed by atoms with Crippen LogP contribution in [0.4, 0.5) is 11.4 Å². The predicted octanol–water partition coefficient (Wildman–Crippen LogP) is 2.80. The summed E-state index contributed by atoms with van der Waals surface area (Å²) in [5.74, 6) is 0.0295. The average Bonchev–Trinajstić information content (AvgIpc) is 2.27. The molecule has 1 aromatic carbocycles. The summed E-state index contributed by atoms with van der Waals surface area (Å²) < 4.78 is 0. The third-order valence-electron chi connectivity index (χ3n) is 3.20. The van der Waals surface area contributed by atoms with Crippen molar-refractivity contribution in [3.8, 4) is 0 Å². The fourth-order valence-electron chi connectivity index (χ4n) is 2.43. The van der Waals surface area contributed by atoms with Crippen LogP contribution in [0.25, 0.3) is 0 Å². The molecule has 2 N–H and O–H groups in total. The normalized spacial score (nSPS) is 24.1. The molecule has 1 aliphatic rings. The van der Waals surface area contributed by atoms with Crippen molar-refractivity contribution in [2.24, 2.45) is 0 Å². The highest BCUT2D eigenvalue weighted by atomic mass is 32.2. The van der Waals surface area contributed by atoms with Crippen LogP contribution >= 0.6 is 11.8 Å². The van der Waals surface area contributed by atoms with Crippen LogP contribution in [-0.2, 0) is 0 Å². The maximum Gasteiger partial charge on any atom is 0.161 e. The van der Waals surface area contributed by atoms with Crippen molar-refractivity contribution in [3.63, 3.8) is 0 Å². The van der Waals surface area contributed by atoms with Gasteiger partial charge in [-0.05, 0) is 25.1 Å². The number of benzene rings is 1. The van der Waals surface area contributed by atoms with Gasteiger partial charge in [0.2, 0.25) is 0 Å². The Morgan fingerprint density at radius 2 is 1.94 bits per heavy atom. The highest BCUT2D eigenvalue weighted by Crippen LogP contribution is 2.30. The topological polar surface area (TPSA) is 46.3 Å². The molecule has 3 nitrogen and oxygen atoms in total. The Morgan fingerprint density at radius 1 is 1.33 bits per heavy atom. The van der Waals surface area contributed by atoms with Crippen molar-refractivity contribution in [1.29, 1.82) is 0 Å². The number of rotatable bonds is 2. The highest BCUT2D eigenvalue weighted by molar-refractivity contribution is 8.00. The van der Waals surface area contributed by atoms with Gasteiger partial charge < -0.3 is 10.6 Å². The van der Waals surface area contributed by atoms with E-state index in [0.717, 1.165) is 18.8 Å². The molecule has 2 rings (SSSR count). The smallest absolute Gasteiger partial charge is 0.161 e. The zero-order valence-corrected chi connectivity index (χ0v) is 12.0. The molecule has 0 spiro atoms. The van der Waals surface area contributed by atoms with E-state index in [1.165, 1.54) is 0 Å². The van der Waals surface area contributed by atoms with E-state index in [1.807, 2.05) is 30.0 Å². The molecule has 1 aliphatic heterocycles. The molecule has 0 aromatic heterocycles. The molecule has 98 valence electrons. The molecule has 2 atom stereocenters. The molecule has 1 saturated heterocycles. The summed E-state index contributed by atoms with van der Waals surface area (Å²) in [5.41, 5.74) is 8.13. The SMILES string of the molecule is CC(=O)c1cc(N2CC(C)SC(C)C2)ccc1N. The summed E-state index contributed by atoms with van der Waals surface area (Å²) in [6, 6.07) is 5.77. The van der Waals surface area contributed by atoms with Crippen molar-refractivity contribution in [1.82, 2.24) is 0 Å². The van der Waals surface area contributed by atoms with E-state index in [1.54, 1.807) is 6.92 Å². The van der Waals surface area contributed by atoms with E-state index < -0.39 is 0 Å². The second-order valence-corrected chi connectivity index (χ2v) is 6.87. The third-order valence-corrected chi connectivity index (χ3v) is 4.43. The Balaban J connectivity index is 2.28. The molecule has 0 bridgehead atoms. The maximum atomic E-state index is 11.5. The Morgan fingerprint density at radius 3 is 2.50 bits per heavy atom. The number of carbonyl (C=O) groups is 1. The van der Waals surface area contributed by atoms with Gasteiger partial charge in [-0.25, -0.2) is 0 Å². The molecule has 0 amide bonds. The van der Waals surface area contributed by atoms with Crippen molar-refractivity contribution in [3.05, 3.63) is 23.8 Å². The van der Waals surface area contributed by atoms with Gasteiger partial charge in [0, 0.05) is 40.5 Å². The van der Waals surface area contributed by atoms with E-state index in [2.05, 4.69) is 18.7 Å². The number of anilines is 2. The fourth-order valence-corrected chi connectivity index (χ4v) is 3.76. The lowest BCUT2D eigenvalue weighted by Gasteiger charge is -2.36. The molecular weight excluding hydrogens is 244 g/mol. The lowest BCUT2D eigenvalue weighted by molar-refractivity contribution is 0.101. The number of ketones is 1. The van der Waals surface area contributed by atoms with Gasteiger partial charge in [-0.1, -0.05) is 13.8 Å². The van der Waals surface area contributed by atoms with E-state index in [-0.39, 0.29) is 5.78 Å². The Hall–Kier alpha value is -1.16. The molecule has 18 heavy (non-hydrogen) atoms. The van der Waals surface area contributed by atoms with Crippen LogP contribution in [0.2, 0.25) is 0 Å². The Bertz CT molecular complexity index is 451. The zero-order chi connectivity index (χ0) is 13.3. The first-order valence-electron chi connectivity index (χ1n) is 6.28. The summed E-state index contributed by atoms with van der Waals surface area (Å²) >= 11 is 2.02. The number of carbonyl (C=O) groups excluding carboxylic acids is 1. The minimum atomic E-state index is 0.0295. The van der Waals surface area contributed by atoms with Crippen LogP contribution in [-0.4, -0.2) is 29.4 Å². The number of nitrogens with two attached hydrogens (primary N) is 1. The highest BCUT2D eigenvalue weighted by Gasteiger charge is 2.23. The first kappa shape index (κ1) is 13.3. The van der Waals surface area contributed by atoms with E-state index in [4.69, 9.17) is 5.73 Å². The Labute approximate surface area is 113 Å². The van der Waals surface area contributed by atoms with Gasteiger partial charge in [0.05, 0.1) is 0 Å². The standard InChI is InChI=1S/C14H20N2OS/c1-9-7-16(8-10(2)18-9)12-4-5-14(15)13(6-12)11(3)17/h4-6,9-10H,7-8,15H2,1-3H3. The maximum absolute atomic E-state index is 11.5. The van der Waals surface area contributed by atoms with Gasteiger partial charge in [-0.3, -0.25) is 4.79 Å². The third kappa shape index (κ3) is 2.80. The molecular formula is C14H20N2OS. The quantitative estimate of drug-likeness (QED) is 0.659. The van der Waals surface area contributed by atoms with Crippen LogP contribution in [0.3, 0.4) is 0 Å². The molecule has 1 fully saturated rings. The number of thioether (sulfide) groups is 1. The van der Waals surface area contributed by atoms with Crippen molar-refractivity contribution >= 4 is 28.9 Å². The second-order valence-electron chi connectivity index (χ2n) is 4.99. The monoisotopic (exact) mass is 264 g/mol. The summed E-state index contributed by atoms with van der Waals surface area (Å²) in [6.45, 7) is 8.10. The molecule has 1 heterocycles. The lowest BCUT2D eigenvalue weighted by atomic mass is 10.1. The van der Waals surface area contributed by atoms with Gasteiger partial charge in [0.1, 0.15) is 0 Å². The molecule has 0 saturated carbocycles. The van der Waals surface area contributed by atoms with Gasteiger partial charge in [-0.2, -0.15) is 11.8 Å². The van der Waals surface area contributed by atoms with Crippen molar-refractivity contribution in [2.75, 3.05) is 23.7 Å². The number of nitrogen functional groups attached to an aromatic ring is 1. The summed E-state index contributed by atoms with van der Waals surface area (Å²) in [6.07, 6.45) is 0.